The monoisotopic (exact) mass is 312 g/mol. The topological polar surface area (TPSA) is 43.4 Å². The quantitative estimate of drug-likeness (QED) is 0.212. The molecule has 130 valence electrons. The molecule has 0 aliphatic heterocycles. The lowest BCUT2D eigenvalue weighted by Crippen LogP contribution is -2.11. The van der Waals surface area contributed by atoms with Gasteiger partial charge in [0.25, 0.3) is 0 Å². The first-order valence-corrected chi connectivity index (χ1v) is 9.38. The summed E-state index contributed by atoms with van der Waals surface area (Å²) in [6.45, 7) is 4.61. The summed E-state index contributed by atoms with van der Waals surface area (Å²) in [7, 11) is 0. The molecule has 0 unspecified atom stereocenters. The summed E-state index contributed by atoms with van der Waals surface area (Å²) >= 11 is 0. The van der Waals surface area contributed by atoms with Crippen molar-refractivity contribution in [1.29, 1.82) is 0 Å². The predicted octanol–water partition coefficient (Wildman–Crippen LogP) is 5.60. The predicted molar refractivity (Wildman–Crippen MR) is 92.0 cm³/mol. The Balaban J connectivity index is 3.25. The second-order valence-corrected chi connectivity index (χ2v) is 6.22. The zero-order valence-corrected chi connectivity index (χ0v) is 14.8. The molecule has 0 rings (SSSR count). The van der Waals surface area contributed by atoms with Crippen molar-refractivity contribution in [3.63, 3.8) is 0 Å². The maximum atomic E-state index is 11.6. The number of ketones is 1. The molecule has 0 spiro atoms. The second kappa shape index (κ2) is 16.5. The van der Waals surface area contributed by atoms with Gasteiger partial charge in [0, 0.05) is 6.42 Å². The van der Waals surface area contributed by atoms with Gasteiger partial charge in [-0.3, -0.25) is 9.59 Å². The molecule has 0 heterocycles. The summed E-state index contributed by atoms with van der Waals surface area (Å²) in [5.41, 5.74) is 0. The molecular weight excluding hydrogens is 276 g/mol. The molecule has 0 saturated heterocycles. The normalized spacial score (nSPS) is 10.6. The van der Waals surface area contributed by atoms with E-state index in [0.717, 1.165) is 19.3 Å². The molecule has 0 bridgehead atoms. The SMILES string of the molecule is CCCCCCCCCCCCCC(=O)CC(=O)OCCC. The van der Waals surface area contributed by atoms with E-state index < -0.39 is 0 Å². The van der Waals surface area contributed by atoms with Crippen LogP contribution in [0.5, 0.6) is 0 Å². The maximum absolute atomic E-state index is 11.6. The number of ether oxygens (including phenoxy) is 1. The van der Waals surface area contributed by atoms with E-state index >= 15 is 0 Å². The van der Waals surface area contributed by atoms with Gasteiger partial charge < -0.3 is 4.74 Å². The van der Waals surface area contributed by atoms with E-state index in [1.807, 2.05) is 6.92 Å². The van der Waals surface area contributed by atoms with Crippen LogP contribution in [-0.4, -0.2) is 18.4 Å². The number of unbranched alkanes of at least 4 members (excludes halogenated alkanes) is 10. The molecule has 0 atom stereocenters. The summed E-state index contributed by atoms with van der Waals surface area (Å²) in [4.78, 5) is 22.8. The van der Waals surface area contributed by atoms with Crippen LogP contribution in [0.1, 0.15) is 104 Å². The Morgan fingerprint density at radius 3 is 1.68 bits per heavy atom. The summed E-state index contributed by atoms with van der Waals surface area (Å²) in [6.07, 6.45) is 15.3. The third kappa shape index (κ3) is 15.5. The molecule has 0 aromatic rings. The lowest BCUT2D eigenvalue weighted by Gasteiger charge is -2.03. The largest absolute Gasteiger partial charge is 0.465 e. The van der Waals surface area contributed by atoms with E-state index in [2.05, 4.69) is 6.92 Å². The highest BCUT2D eigenvalue weighted by molar-refractivity contribution is 5.95. The number of carbonyl (C=O) groups is 2. The lowest BCUT2D eigenvalue weighted by molar-refractivity contribution is -0.146. The van der Waals surface area contributed by atoms with E-state index in [9.17, 15) is 9.59 Å². The Kier molecular flexibility index (Phi) is 15.9. The van der Waals surface area contributed by atoms with E-state index in [0.29, 0.717) is 13.0 Å². The van der Waals surface area contributed by atoms with Crippen molar-refractivity contribution in [1.82, 2.24) is 0 Å². The van der Waals surface area contributed by atoms with Crippen LogP contribution in [0, 0.1) is 0 Å². The Labute approximate surface area is 137 Å². The zero-order chi connectivity index (χ0) is 16.5. The molecule has 0 radical (unpaired) electrons. The highest BCUT2D eigenvalue weighted by atomic mass is 16.5. The van der Waals surface area contributed by atoms with Crippen molar-refractivity contribution < 1.29 is 14.3 Å². The van der Waals surface area contributed by atoms with Crippen LogP contribution in [-0.2, 0) is 14.3 Å². The van der Waals surface area contributed by atoms with Crippen LogP contribution < -0.4 is 0 Å². The Morgan fingerprint density at radius 2 is 1.18 bits per heavy atom. The van der Waals surface area contributed by atoms with Crippen molar-refractivity contribution in [3.8, 4) is 0 Å². The average Bonchev–Trinajstić information content (AvgIpc) is 2.50. The van der Waals surface area contributed by atoms with Gasteiger partial charge in [0.2, 0.25) is 0 Å². The summed E-state index contributed by atoms with van der Waals surface area (Å²) < 4.78 is 4.91. The molecule has 0 amide bonds. The van der Waals surface area contributed by atoms with E-state index in [4.69, 9.17) is 4.74 Å². The van der Waals surface area contributed by atoms with Crippen molar-refractivity contribution in [2.75, 3.05) is 6.61 Å². The Bertz CT molecular complexity index is 274. The first kappa shape index (κ1) is 21.1. The van der Waals surface area contributed by atoms with Gasteiger partial charge in [-0.25, -0.2) is 0 Å². The molecule has 0 N–H and O–H groups in total. The number of hydrogen-bond donors (Lipinski definition) is 0. The summed E-state index contributed by atoms with van der Waals surface area (Å²) in [5, 5.41) is 0. The minimum atomic E-state index is -0.366. The van der Waals surface area contributed by atoms with Gasteiger partial charge in [-0.2, -0.15) is 0 Å². The van der Waals surface area contributed by atoms with Crippen molar-refractivity contribution in [2.24, 2.45) is 0 Å². The fourth-order valence-corrected chi connectivity index (χ4v) is 2.50. The van der Waals surface area contributed by atoms with Crippen LogP contribution in [0.3, 0.4) is 0 Å². The second-order valence-electron chi connectivity index (χ2n) is 6.22. The van der Waals surface area contributed by atoms with Crippen LogP contribution in [0.2, 0.25) is 0 Å². The van der Waals surface area contributed by atoms with Crippen LogP contribution in [0.25, 0.3) is 0 Å². The van der Waals surface area contributed by atoms with Crippen LogP contribution >= 0.6 is 0 Å². The van der Waals surface area contributed by atoms with Gasteiger partial charge in [0.1, 0.15) is 12.2 Å². The van der Waals surface area contributed by atoms with Gasteiger partial charge in [0.15, 0.2) is 0 Å². The average molecular weight is 312 g/mol. The Morgan fingerprint density at radius 1 is 0.682 bits per heavy atom. The molecule has 0 aliphatic rings. The minimum absolute atomic E-state index is 0.0250. The maximum Gasteiger partial charge on any atom is 0.313 e. The Hall–Kier alpha value is -0.860. The summed E-state index contributed by atoms with van der Waals surface area (Å²) in [6, 6.07) is 0. The molecule has 0 saturated carbocycles. The first-order valence-electron chi connectivity index (χ1n) is 9.38. The molecule has 0 aromatic heterocycles. The van der Waals surface area contributed by atoms with Crippen molar-refractivity contribution >= 4 is 11.8 Å². The fourth-order valence-electron chi connectivity index (χ4n) is 2.50. The molecule has 0 aromatic carbocycles. The highest BCUT2D eigenvalue weighted by Gasteiger charge is 2.09. The minimum Gasteiger partial charge on any atom is -0.465 e. The van der Waals surface area contributed by atoms with E-state index in [1.165, 1.54) is 57.8 Å². The number of rotatable bonds is 16. The van der Waals surface area contributed by atoms with E-state index in [-0.39, 0.29) is 18.2 Å². The van der Waals surface area contributed by atoms with Crippen LogP contribution in [0.15, 0.2) is 0 Å². The molecule has 3 heteroatoms. The number of esters is 1. The van der Waals surface area contributed by atoms with Gasteiger partial charge in [0.05, 0.1) is 6.61 Å². The van der Waals surface area contributed by atoms with Crippen molar-refractivity contribution in [2.45, 2.75) is 104 Å². The third-order valence-electron chi connectivity index (χ3n) is 3.87. The number of hydrogen-bond acceptors (Lipinski definition) is 3. The molecular formula is C19H36O3. The van der Waals surface area contributed by atoms with Gasteiger partial charge in [-0.15, -0.1) is 0 Å². The molecule has 22 heavy (non-hydrogen) atoms. The summed E-state index contributed by atoms with van der Waals surface area (Å²) in [5.74, 6) is -0.341. The lowest BCUT2D eigenvalue weighted by atomic mass is 10.0. The van der Waals surface area contributed by atoms with Gasteiger partial charge >= 0.3 is 5.97 Å². The van der Waals surface area contributed by atoms with Gasteiger partial charge in [-0.05, 0) is 12.8 Å². The molecule has 0 fully saturated rings. The first-order chi connectivity index (χ1) is 10.7. The fraction of sp³-hybridized carbons (Fsp3) is 0.895. The smallest absolute Gasteiger partial charge is 0.313 e. The molecule has 3 nitrogen and oxygen atoms in total. The van der Waals surface area contributed by atoms with Crippen molar-refractivity contribution in [3.05, 3.63) is 0 Å². The third-order valence-corrected chi connectivity index (χ3v) is 3.87. The number of Topliss-reactive ketones (excluding diaryl/α,β-unsaturated/α-hetero) is 1. The highest BCUT2D eigenvalue weighted by Crippen LogP contribution is 2.12. The van der Waals surface area contributed by atoms with Crippen LogP contribution in [0.4, 0.5) is 0 Å². The standard InChI is InChI=1S/C19H36O3/c1-3-5-6-7-8-9-10-11-12-13-14-15-18(20)17-19(21)22-16-4-2/h3-17H2,1-2H3. The number of carbonyl (C=O) groups excluding carboxylic acids is 2. The molecule has 0 aliphatic carbocycles. The van der Waals surface area contributed by atoms with Gasteiger partial charge in [-0.1, -0.05) is 78.1 Å². The zero-order valence-electron chi connectivity index (χ0n) is 14.8. The van der Waals surface area contributed by atoms with E-state index in [1.54, 1.807) is 0 Å².